The molecule has 1 fully saturated rings. The zero-order valence-electron chi connectivity index (χ0n) is 12.7. The Labute approximate surface area is 153 Å². The van der Waals surface area contributed by atoms with Crippen molar-refractivity contribution in [3.8, 4) is 0 Å². The molecule has 0 N–H and O–H groups in total. The number of benzene rings is 1. The Morgan fingerprint density at radius 2 is 1.96 bits per heavy atom. The number of hydrogen-bond acceptors (Lipinski definition) is 2. The predicted molar refractivity (Wildman–Crippen MR) is 102 cm³/mol. The second-order valence-corrected chi connectivity index (χ2v) is 8.15. The topological polar surface area (TPSA) is 12.5 Å². The summed E-state index contributed by atoms with van der Waals surface area (Å²) in [5.74, 6) is 0.965. The number of hydrogen-bond donors (Lipinski definition) is 0. The lowest BCUT2D eigenvalue weighted by Gasteiger charge is -2.45. The van der Waals surface area contributed by atoms with Gasteiger partial charge in [-0.25, -0.2) is 0 Å². The first-order valence-corrected chi connectivity index (χ1v) is 9.47. The molecule has 0 bridgehead atoms. The standard InChI is InChI=1S/C19H17Br2NO/c1-12-2-6-15(7-3-12)22-16-8-4-13(20)10-18(16)23-19-11-14(21)5-9-17(19)22/h2-4,6-11,14,16,18H,5H2,1H3. The monoisotopic (exact) mass is 433 g/mol. The molecule has 4 rings (SSSR count). The molecule has 0 saturated carbocycles. The Hall–Kier alpha value is -1.26. The third kappa shape index (κ3) is 2.83. The normalized spacial score (nSPS) is 28.9. The van der Waals surface area contributed by atoms with Crippen LogP contribution in [0.25, 0.3) is 0 Å². The minimum Gasteiger partial charge on any atom is -0.482 e. The van der Waals surface area contributed by atoms with Crippen molar-refractivity contribution in [2.75, 3.05) is 4.90 Å². The highest BCUT2D eigenvalue weighted by Gasteiger charge is 2.38. The molecule has 3 aliphatic rings. The van der Waals surface area contributed by atoms with Gasteiger partial charge in [0.1, 0.15) is 11.9 Å². The molecular weight excluding hydrogens is 418 g/mol. The molecule has 1 aliphatic heterocycles. The zero-order chi connectivity index (χ0) is 16.0. The Bertz CT molecular complexity index is 745. The summed E-state index contributed by atoms with van der Waals surface area (Å²) in [6, 6.07) is 8.89. The van der Waals surface area contributed by atoms with Crippen LogP contribution in [0.4, 0.5) is 5.69 Å². The van der Waals surface area contributed by atoms with E-state index >= 15 is 0 Å². The van der Waals surface area contributed by atoms with E-state index in [-0.39, 0.29) is 12.1 Å². The maximum absolute atomic E-state index is 6.27. The van der Waals surface area contributed by atoms with Gasteiger partial charge in [-0.05, 0) is 43.7 Å². The number of allylic oxidation sites excluding steroid dienone is 4. The fraction of sp³-hybridized carbons (Fsp3) is 0.263. The van der Waals surface area contributed by atoms with E-state index in [0.29, 0.717) is 4.83 Å². The van der Waals surface area contributed by atoms with Gasteiger partial charge in [0.2, 0.25) is 0 Å². The van der Waals surface area contributed by atoms with Crippen LogP contribution < -0.4 is 4.90 Å². The third-order valence-corrected chi connectivity index (χ3v) is 5.53. The lowest BCUT2D eigenvalue weighted by molar-refractivity contribution is 0.125. The highest BCUT2D eigenvalue weighted by Crippen LogP contribution is 2.40. The van der Waals surface area contributed by atoms with Crippen molar-refractivity contribution in [3.63, 3.8) is 0 Å². The van der Waals surface area contributed by atoms with Gasteiger partial charge in [-0.2, -0.15) is 0 Å². The van der Waals surface area contributed by atoms with Crippen LogP contribution in [0.2, 0.25) is 0 Å². The lowest BCUT2D eigenvalue weighted by atomic mass is 9.96. The third-order valence-electron chi connectivity index (χ3n) is 4.37. The molecule has 1 saturated heterocycles. The van der Waals surface area contributed by atoms with Crippen molar-refractivity contribution in [1.82, 2.24) is 0 Å². The van der Waals surface area contributed by atoms with Gasteiger partial charge in [0, 0.05) is 15.0 Å². The quantitative estimate of drug-likeness (QED) is 0.552. The van der Waals surface area contributed by atoms with Crippen LogP contribution in [0.5, 0.6) is 0 Å². The molecule has 0 spiro atoms. The van der Waals surface area contributed by atoms with Crippen molar-refractivity contribution in [2.24, 2.45) is 0 Å². The first-order valence-electron chi connectivity index (χ1n) is 7.76. The minimum atomic E-state index is 0.0110. The highest BCUT2D eigenvalue weighted by atomic mass is 79.9. The maximum atomic E-state index is 6.27. The molecule has 0 radical (unpaired) electrons. The van der Waals surface area contributed by atoms with Crippen LogP contribution in [-0.2, 0) is 4.74 Å². The van der Waals surface area contributed by atoms with Crippen molar-refractivity contribution >= 4 is 37.5 Å². The second-order valence-electron chi connectivity index (χ2n) is 6.06. The number of morpholine rings is 1. The van der Waals surface area contributed by atoms with Crippen LogP contribution in [0.1, 0.15) is 12.0 Å². The molecule has 3 unspecified atom stereocenters. The molecule has 2 aliphatic carbocycles. The number of aryl methyl sites for hydroxylation is 1. The molecule has 1 aromatic carbocycles. The van der Waals surface area contributed by atoms with E-state index in [0.717, 1.165) is 16.7 Å². The van der Waals surface area contributed by atoms with Gasteiger partial charge < -0.3 is 9.64 Å². The van der Waals surface area contributed by atoms with Crippen LogP contribution in [-0.4, -0.2) is 17.0 Å². The first-order chi connectivity index (χ1) is 11.1. The van der Waals surface area contributed by atoms with E-state index in [2.05, 4.69) is 98.3 Å². The Kier molecular flexibility index (Phi) is 3.98. The van der Waals surface area contributed by atoms with Crippen molar-refractivity contribution in [1.29, 1.82) is 0 Å². The average molecular weight is 435 g/mol. The number of ether oxygens (including phenoxy) is 1. The smallest absolute Gasteiger partial charge is 0.143 e. The summed E-state index contributed by atoms with van der Waals surface area (Å²) in [6.45, 7) is 2.12. The molecular formula is C19H17Br2NO. The van der Waals surface area contributed by atoms with Gasteiger partial charge in [0.15, 0.2) is 0 Å². The summed E-state index contributed by atoms with van der Waals surface area (Å²) >= 11 is 7.25. The van der Waals surface area contributed by atoms with Gasteiger partial charge in [-0.1, -0.05) is 61.7 Å². The summed E-state index contributed by atoms with van der Waals surface area (Å²) in [4.78, 5) is 2.73. The molecule has 4 heteroatoms. The van der Waals surface area contributed by atoms with E-state index in [1.807, 2.05) is 0 Å². The number of halogens is 2. The van der Waals surface area contributed by atoms with Gasteiger partial charge in [0.25, 0.3) is 0 Å². The SMILES string of the molecule is Cc1ccc(N2C3=CCC(Br)C=C3OC3C=C(Br)C=CC32)cc1. The summed E-state index contributed by atoms with van der Waals surface area (Å²) in [6.07, 6.45) is 11.9. The predicted octanol–water partition coefficient (Wildman–Crippen LogP) is 5.35. The largest absolute Gasteiger partial charge is 0.482 e. The summed E-state index contributed by atoms with van der Waals surface area (Å²) in [7, 11) is 0. The number of alkyl halides is 1. The van der Waals surface area contributed by atoms with Crippen molar-refractivity contribution in [3.05, 3.63) is 76.1 Å². The van der Waals surface area contributed by atoms with Gasteiger partial charge in [0.05, 0.1) is 11.7 Å². The van der Waals surface area contributed by atoms with E-state index in [1.165, 1.54) is 16.9 Å². The molecule has 1 heterocycles. The molecule has 23 heavy (non-hydrogen) atoms. The first kappa shape index (κ1) is 15.3. The van der Waals surface area contributed by atoms with Gasteiger partial charge in [-0.15, -0.1) is 0 Å². The molecule has 118 valence electrons. The summed E-state index contributed by atoms with van der Waals surface area (Å²) in [5.41, 5.74) is 3.64. The highest BCUT2D eigenvalue weighted by molar-refractivity contribution is 9.11. The second kappa shape index (κ2) is 5.99. The zero-order valence-corrected chi connectivity index (χ0v) is 15.9. The van der Waals surface area contributed by atoms with E-state index in [4.69, 9.17) is 4.74 Å². The molecule has 0 aromatic heterocycles. The van der Waals surface area contributed by atoms with Gasteiger partial charge in [-0.3, -0.25) is 0 Å². The van der Waals surface area contributed by atoms with Gasteiger partial charge >= 0.3 is 0 Å². The Morgan fingerprint density at radius 1 is 1.17 bits per heavy atom. The molecule has 3 atom stereocenters. The van der Waals surface area contributed by atoms with Crippen LogP contribution in [0.15, 0.2) is 70.6 Å². The van der Waals surface area contributed by atoms with Crippen LogP contribution in [0, 0.1) is 6.92 Å². The van der Waals surface area contributed by atoms with E-state index in [1.54, 1.807) is 0 Å². The Morgan fingerprint density at radius 3 is 2.74 bits per heavy atom. The number of nitrogens with zero attached hydrogens (tertiary/aromatic N) is 1. The molecule has 1 aromatic rings. The van der Waals surface area contributed by atoms with E-state index in [9.17, 15) is 0 Å². The van der Waals surface area contributed by atoms with Crippen LogP contribution in [0.3, 0.4) is 0 Å². The molecule has 2 nitrogen and oxygen atoms in total. The summed E-state index contributed by atoms with van der Waals surface area (Å²) in [5, 5.41) is 0. The average Bonchev–Trinajstić information content (AvgIpc) is 2.53. The minimum absolute atomic E-state index is 0.0110. The number of anilines is 1. The fourth-order valence-electron chi connectivity index (χ4n) is 3.23. The summed E-state index contributed by atoms with van der Waals surface area (Å²) < 4.78 is 7.35. The van der Waals surface area contributed by atoms with Crippen molar-refractivity contribution < 1.29 is 4.74 Å². The molecule has 0 amide bonds. The lowest BCUT2D eigenvalue weighted by Crippen LogP contribution is -2.49. The Balaban J connectivity index is 1.81. The van der Waals surface area contributed by atoms with Crippen LogP contribution >= 0.6 is 31.9 Å². The number of rotatable bonds is 1. The van der Waals surface area contributed by atoms with Crippen molar-refractivity contribution in [2.45, 2.75) is 30.3 Å². The number of fused-ring (bicyclic) bond motifs is 2. The fourth-order valence-corrected chi connectivity index (χ4v) is 4.07. The van der Waals surface area contributed by atoms with E-state index < -0.39 is 0 Å². The maximum Gasteiger partial charge on any atom is 0.143 e.